The van der Waals surface area contributed by atoms with Gasteiger partial charge in [-0.2, -0.15) is 0 Å². The number of carbonyl (C=O) groups excluding carboxylic acids is 1. The highest BCUT2D eigenvalue weighted by Crippen LogP contribution is 2.32. The topological polar surface area (TPSA) is 35.5 Å². The third-order valence-electron chi connectivity index (χ3n) is 2.92. The van der Waals surface area contributed by atoms with E-state index in [0.717, 1.165) is 35.1 Å². The lowest BCUT2D eigenvalue weighted by atomic mass is 10.2. The molecule has 0 saturated carbocycles. The van der Waals surface area contributed by atoms with Crippen LogP contribution in [-0.2, 0) is 4.74 Å². The Labute approximate surface area is 117 Å². The van der Waals surface area contributed by atoms with Crippen LogP contribution in [0.4, 0.5) is 0 Å². The summed E-state index contributed by atoms with van der Waals surface area (Å²) in [6, 6.07) is 7.65. The summed E-state index contributed by atoms with van der Waals surface area (Å²) < 4.78 is 11.6. The summed E-state index contributed by atoms with van der Waals surface area (Å²) in [6.07, 6.45) is 3.14. The molecule has 4 heteroatoms. The minimum absolute atomic E-state index is 0.237. The zero-order valence-electron chi connectivity index (χ0n) is 11.3. The molecule has 0 unspecified atom stereocenters. The fourth-order valence-electron chi connectivity index (χ4n) is 1.90. The third-order valence-corrected chi connectivity index (χ3v) is 4.00. The van der Waals surface area contributed by atoms with E-state index in [1.807, 2.05) is 24.3 Å². The lowest BCUT2D eigenvalue weighted by Crippen LogP contribution is -2.04. The number of benzene rings is 1. The van der Waals surface area contributed by atoms with E-state index < -0.39 is 0 Å². The molecule has 2 rings (SSSR count). The molecule has 0 amide bonds. The summed E-state index contributed by atoms with van der Waals surface area (Å²) >= 11 is 1.44. The van der Waals surface area contributed by atoms with Crippen molar-refractivity contribution in [3.8, 4) is 5.75 Å². The Hall–Kier alpha value is -1.55. The molecule has 1 aromatic heterocycles. The van der Waals surface area contributed by atoms with E-state index in [1.165, 1.54) is 11.3 Å². The number of ether oxygens (including phenoxy) is 2. The largest absolute Gasteiger partial charge is 0.496 e. The summed E-state index contributed by atoms with van der Waals surface area (Å²) in [5.41, 5.74) is 0. The Kier molecular flexibility index (Phi) is 4.80. The summed E-state index contributed by atoms with van der Waals surface area (Å²) in [6.45, 7) is 2.62. The van der Waals surface area contributed by atoms with Crippen molar-refractivity contribution in [3.05, 3.63) is 29.1 Å². The van der Waals surface area contributed by atoms with Crippen molar-refractivity contribution in [1.29, 1.82) is 0 Å². The van der Waals surface area contributed by atoms with E-state index in [-0.39, 0.29) is 5.97 Å². The number of hydrogen-bond donors (Lipinski definition) is 0. The standard InChI is InChI=1S/C15H18O3S/c1-3-4-5-9-18-15(16)14-10-11-12(17-2)7-6-8-13(11)19-14/h6-8,10H,3-5,9H2,1-2H3. The minimum atomic E-state index is -0.237. The molecule has 3 nitrogen and oxygen atoms in total. The lowest BCUT2D eigenvalue weighted by Gasteiger charge is -2.01. The predicted octanol–water partition coefficient (Wildman–Crippen LogP) is 4.26. The molecule has 102 valence electrons. The average Bonchev–Trinajstić information content (AvgIpc) is 2.87. The van der Waals surface area contributed by atoms with Crippen molar-refractivity contribution < 1.29 is 14.3 Å². The van der Waals surface area contributed by atoms with Gasteiger partial charge in [0, 0.05) is 10.1 Å². The van der Waals surface area contributed by atoms with Crippen LogP contribution in [0.15, 0.2) is 24.3 Å². The highest BCUT2D eigenvalue weighted by molar-refractivity contribution is 7.20. The Morgan fingerprint density at radius 2 is 2.16 bits per heavy atom. The van der Waals surface area contributed by atoms with Gasteiger partial charge in [0.25, 0.3) is 0 Å². The predicted molar refractivity (Wildman–Crippen MR) is 78.2 cm³/mol. The minimum Gasteiger partial charge on any atom is -0.496 e. The Bertz CT molecular complexity index is 560. The number of rotatable bonds is 6. The first kappa shape index (κ1) is 13.9. The molecule has 0 aliphatic rings. The van der Waals surface area contributed by atoms with Crippen LogP contribution in [0.25, 0.3) is 10.1 Å². The first-order valence-corrected chi connectivity index (χ1v) is 7.31. The monoisotopic (exact) mass is 278 g/mol. The van der Waals surface area contributed by atoms with Crippen molar-refractivity contribution in [2.24, 2.45) is 0 Å². The maximum atomic E-state index is 11.9. The first-order valence-electron chi connectivity index (χ1n) is 6.50. The summed E-state index contributed by atoms with van der Waals surface area (Å²) in [7, 11) is 1.63. The molecule has 0 radical (unpaired) electrons. The molecule has 0 atom stereocenters. The zero-order chi connectivity index (χ0) is 13.7. The van der Waals surface area contributed by atoms with Gasteiger partial charge in [0.05, 0.1) is 13.7 Å². The number of methoxy groups -OCH3 is 1. The number of carbonyl (C=O) groups is 1. The summed E-state index contributed by atoms with van der Waals surface area (Å²) in [5, 5.41) is 0.968. The van der Waals surface area contributed by atoms with Crippen LogP contribution in [0.1, 0.15) is 35.9 Å². The van der Waals surface area contributed by atoms with Crippen molar-refractivity contribution in [2.75, 3.05) is 13.7 Å². The van der Waals surface area contributed by atoms with Gasteiger partial charge in [-0.3, -0.25) is 0 Å². The second-order valence-electron chi connectivity index (χ2n) is 4.33. The van der Waals surface area contributed by atoms with Crippen LogP contribution in [0, 0.1) is 0 Å². The normalized spacial score (nSPS) is 10.6. The Balaban J connectivity index is 2.10. The third kappa shape index (κ3) is 3.26. The molecule has 1 aromatic carbocycles. The Morgan fingerprint density at radius 1 is 1.32 bits per heavy atom. The Morgan fingerprint density at radius 3 is 2.89 bits per heavy atom. The maximum absolute atomic E-state index is 11.9. The molecule has 0 aliphatic heterocycles. The van der Waals surface area contributed by atoms with E-state index in [1.54, 1.807) is 7.11 Å². The fraction of sp³-hybridized carbons (Fsp3) is 0.400. The molecule has 1 heterocycles. The highest BCUT2D eigenvalue weighted by atomic mass is 32.1. The average molecular weight is 278 g/mol. The van der Waals surface area contributed by atoms with Crippen molar-refractivity contribution in [1.82, 2.24) is 0 Å². The number of hydrogen-bond acceptors (Lipinski definition) is 4. The van der Waals surface area contributed by atoms with Crippen LogP contribution in [0.3, 0.4) is 0 Å². The smallest absolute Gasteiger partial charge is 0.348 e. The molecular weight excluding hydrogens is 260 g/mol. The SMILES string of the molecule is CCCCCOC(=O)c1cc2c(OC)cccc2s1. The second kappa shape index (κ2) is 6.57. The van der Waals surface area contributed by atoms with Gasteiger partial charge >= 0.3 is 5.97 Å². The van der Waals surface area contributed by atoms with Gasteiger partial charge in [0.2, 0.25) is 0 Å². The van der Waals surface area contributed by atoms with Gasteiger partial charge in [-0.1, -0.05) is 25.8 Å². The van der Waals surface area contributed by atoms with Crippen molar-refractivity contribution >= 4 is 27.4 Å². The summed E-state index contributed by atoms with van der Waals surface area (Å²) in [4.78, 5) is 12.6. The van der Waals surface area contributed by atoms with Gasteiger partial charge in [0.15, 0.2) is 0 Å². The maximum Gasteiger partial charge on any atom is 0.348 e. The highest BCUT2D eigenvalue weighted by Gasteiger charge is 2.13. The molecule has 0 fully saturated rings. The van der Waals surface area contributed by atoms with Crippen LogP contribution in [0.5, 0.6) is 5.75 Å². The van der Waals surface area contributed by atoms with Crippen LogP contribution in [-0.4, -0.2) is 19.7 Å². The van der Waals surface area contributed by atoms with E-state index in [9.17, 15) is 4.79 Å². The molecular formula is C15H18O3S. The molecule has 0 bridgehead atoms. The van der Waals surface area contributed by atoms with Gasteiger partial charge < -0.3 is 9.47 Å². The van der Waals surface area contributed by atoms with Gasteiger partial charge in [0.1, 0.15) is 10.6 Å². The number of unbranched alkanes of at least 4 members (excludes halogenated alkanes) is 2. The molecule has 2 aromatic rings. The summed E-state index contributed by atoms with van der Waals surface area (Å²) in [5.74, 6) is 0.554. The van der Waals surface area contributed by atoms with Crippen LogP contribution < -0.4 is 4.74 Å². The quantitative estimate of drug-likeness (QED) is 0.585. The molecule has 0 N–H and O–H groups in total. The van der Waals surface area contributed by atoms with Gasteiger partial charge in [-0.05, 0) is 24.6 Å². The van der Waals surface area contributed by atoms with Crippen LogP contribution >= 0.6 is 11.3 Å². The van der Waals surface area contributed by atoms with Gasteiger partial charge in [-0.25, -0.2) is 4.79 Å². The van der Waals surface area contributed by atoms with E-state index >= 15 is 0 Å². The first-order chi connectivity index (χ1) is 9.26. The number of esters is 1. The lowest BCUT2D eigenvalue weighted by molar-refractivity contribution is 0.0504. The number of thiophene rings is 1. The fourth-order valence-corrected chi connectivity index (χ4v) is 2.87. The molecule has 0 spiro atoms. The zero-order valence-corrected chi connectivity index (χ0v) is 12.1. The van der Waals surface area contributed by atoms with Crippen molar-refractivity contribution in [3.63, 3.8) is 0 Å². The van der Waals surface area contributed by atoms with Crippen LogP contribution in [0.2, 0.25) is 0 Å². The molecule has 19 heavy (non-hydrogen) atoms. The van der Waals surface area contributed by atoms with E-state index in [4.69, 9.17) is 9.47 Å². The van der Waals surface area contributed by atoms with Crippen molar-refractivity contribution in [2.45, 2.75) is 26.2 Å². The van der Waals surface area contributed by atoms with E-state index in [0.29, 0.717) is 11.5 Å². The van der Waals surface area contributed by atoms with E-state index in [2.05, 4.69) is 6.92 Å². The molecule has 0 saturated heterocycles. The van der Waals surface area contributed by atoms with Gasteiger partial charge in [-0.15, -0.1) is 11.3 Å². The number of fused-ring (bicyclic) bond motifs is 1. The second-order valence-corrected chi connectivity index (χ2v) is 5.41. The molecule has 0 aliphatic carbocycles.